The normalized spacial score (nSPS) is 40.9. The van der Waals surface area contributed by atoms with Crippen LogP contribution in [0.5, 0.6) is 0 Å². The molecule has 3 fully saturated rings. The van der Waals surface area contributed by atoms with Crippen molar-refractivity contribution >= 4 is 0 Å². The summed E-state index contributed by atoms with van der Waals surface area (Å²) >= 11 is 0. The van der Waals surface area contributed by atoms with Gasteiger partial charge in [0.05, 0.1) is 0 Å². The summed E-state index contributed by atoms with van der Waals surface area (Å²) in [5.74, 6) is 1.05. The molecule has 0 amide bonds. The number of nitrogens with zero attached hydrogens (tertiary/aromatic N) is 1. The molecule has 0 bridgehead atoms. The van der Waals surface area contributed by atoms with E-state index < -0.39 is 0 Å². The van der Waals surface area contributed by atoms with Gasteiger partial charge in [-0.3, -0.25) is 4.90 Å². The first-order chi connectivity index (χ1) is 7.93. The first-order valence-corrected chi connectivity index (χ1v) is 7.41. The largest absolute Gasteiger partial charge is 0.313 e. The molecule has 16 heavy (non-hydrogen) atoms. The lowest BCUT2D eigenvalue weighted by Gasteiger charge is -2.35. The summed E-state index contributed by atoms with van der Waals surface area (Å²) in [6, 6.07) is 1.76. The molecule has 2 heterocycles. The molecule has 1 N–H and O–H groups in total. The third kappa shape index (κ3) is 2.28. The molecule has 3 atom stereocenters. The van der Waals surface area contributed by atoms with Gasteiger partial charge in [-0.15, -0.1) is 0 Å². The number of piperidine rings is 1. The molecule has 0 aromatic rings. The Bertz CT molecular complexity index is 223. The summed E-state index contributed by atoms with van der Waals surface area (Å²) in [5, 5.41) is 3.70. The van der Waals surface area contributed by atoms with Crippen LogP contribution in [0.4, 0.5) is 0 Å². The van der Waals surface area contributed by atoms with Gasteiger partial charge in [0.1, 0.15) is 0 Å². The first-order valence-electron chi connectivity index (χ1n) is 7.41. The van der Waals surface area contributed by atoms with Crippen molar-refractivity contribution in [2.24, 2.45) is 5.92 Å². The van der Waals surface area contributed by atoms with Gasteiger partial charge in [-0.25, -0.2) is 0 Å². The standard InChI is InChI=1S/C14H26N2/c1-2-7-14-12(5-1)8-10-16(14)11-13-6-3-4-9-15-13/h12-15H,1-11H2. The van der Waals surface area contributed by atoms with E-state index in [1.54, 1.807) is 0 Å². The van der Waals surface area contributed by atoms with E-state index in [4.69, 9.17) is 0 Å². The Balaban J connectivity index is 1.54. The summed E-state index contributed by atoms with van der Waals surface area (Å²) in [6.07, 6.45) is 11.7. The molecule has 0 spiro atoms. The minimum Gasteiger partial charge on any atom is -0.313 e. The van der Waals surface area contributed by atoms with Crippen molar-refractivity contribution in [2.45, 2.75) is 63.5 Å². The van der Waals surface area contributed by atoms with Crippen LogP contribution in [-0.2, 0) is 0 Å². The molecule has 2 aliphatic heterocycles. The number of rotatable bonds is 2. The number of hydrogen-bond acceptors (Lipinski definition) is 2. The van der Waals surface area contributed by atoms with Crippen molar-refractivity contribution in [1.29, 1.82) is 0 Å². The minimum atomic E-state index is 0.800. The van der Waals surface area contributed by atoms with Crippen LogP contribution < -0.4 is 5.32 Å². The highest BCUT2D eigenvalue weighted by Gasteiger charge is 2.36. The van der Waals surface area contributed by atoms with Gasteiger partial charge >= 0.3 is 0 Å². The molecule has 2 heteroatoms. The zero-order chi connectivity index (χ0) is 10.8. The highest BCUT2D eigenvalue weighted by atomic mass is 15.2. The van der Waals surface area contributed by atoms with Crippen LogP contribution in [0.15, 0.2) is 0 Å². The third-order valence-electron chi connectivity index (χ3n) is 4.99. The summed E-state index contributed by atoms with van der Waals surface area (Å²) in [4.78, 5) is 2.81. The number of likely N-dealkylation sites (tertiary alicyclic amines) is 1. The monoisotopic (exact) mass is 222 g/mol. The van der Waals surface area contributed by atoms with E-state index in [-0.39, 0.29) is 0 Å². The molecule has 3 unspecified atom stereocenters. The van der Waals surface area contributed by atoms with Crippen LogP contribution in [0, 0.1) is 5.92 Å². The molecule has 3 aliphatic rings. The molecular weight excluding hydrogens is 196 g/mol. The van der Waals surface area contributed by atoms with Crippen molar-refractivity contribution in [3.63, 3.8) is 0 Å². The van der Waals surface area contributed by atoms with E-state index in [2.05, 4.69) is 10.2 Å². The predicted octanol–water partition coefficient (Wildman–Crippen LogP) is 2.39. The Labute approximate surface area is 99.8 Å². The number of fused-ring (bicyclic) bond motifs is 1. The van der Waals surface area contributed by atoms with Crippen LogP contribution in [0.1, 0.15) is 51.4 Å². The maximum absolute atomic E-state index is 3.70. The van der Waals surface area contributed by atoms with Gasteiger partial charge in [-0.2, -0.15) is 0 Å². The Kier molecular flexibility index (Phi) is 3.49. The second kappa shape index (κ2) is 5.05. The Morgan fingerprint density at radius 3 is 2.69 bits per heavy atom. The van der Waals surface area contributed by atoms with Crippen LogP contribution in [-0.4, -0.2) is 36.6 Å². The van der Waals surface area contributed by atoms with Crippen molar-refractivity contribution in [3.05, 3.63) is 0 Å². The average Bonchev–Trinajstić information content (AvgIpc) is 2.74. The topological polar surface area (TPSA) is 15.3 Å². The summed E-state index contributed by atoms with van der Waals surface area (Å²) < 4.78 is 0. The summed E-state index contributed by atoms with van der Waals surface area (Å²) in [6.45, 7) is 3.97. The van der Waals surface area contributed by atoms with E-state index in [1.165, 1.54) is 71.0 Å². The van der Waals surface area contributed by atoms with Gasteiger partial charge < -0.3 is 5.32 Å². The van der Waals surface area contributed by atoms with E-state index in [1.807, 2.05) is 0 Å². The quantitative estimate of drug-likeness (QED) is 0.772. The molecule has 0 aromatic carbocycles. The smallest absolute Gasteiger partial charge is 0.0195 e. The first kappa shape index (κ1) is 11.0. The summed E-state index contributed by atoms with van der Waals surface area (Å²) in [7, 11) is 0. The molecule has 92 valence electrons. The average molecular weight is 222 g/mol. The van der Waals surface area contributed by atoms with E-state index >= 15 is 0 Å². The fraction of sp³-hybridized carbons (Fsp3) is 1.00. The molecule has 1 aliphatic carbocycles. The lowest BCUT2D eigenvalue weighted by Crippen LogP contribution is -2.46. The molecule has 0 aromatic heterocycles. The van der Waals surface area contributed by atoms with Crippen LogP contribution in [0.3, 0.4) is 0 Å². The van der Waals surface area contributed by atoms with Crippen LogP contribution in [0.25, 0.3) is 0 Å². The lowest BCUT2D eigenvalue weighted by atomic mass is 9.85. The maximum Gasteiger partial charge on any atom is 0.0195 e. The van der Waals surface area contributed by atoms with Crippen LogP contribution in [0.2, 0.25) is 0 Å². The highest BCUT2D eigenvalue weighted by Crippen LogP contribution is 2.36. The maximum atomic E-state index is 3.70. The molecular formula is C14H26N2. The van der Waals surface area contributed by atoms with Gasteiger partial charge in [-0.05, 0) is 51.1 Å². The van der Waals surface area contributed by atoms with Gasteiger partial charge in [0.25, 0.3) is 0 Å². The SMILES string of the molecule is C1CCC(CN2CCC3CCCCC32)NC1. The Hall–Kier alpha value is -0.0800. The molecule has 0 radical (unpaired) electrons. The minimum absolute atomic E-state index is 0.800. The second-order valence-corrected chi connectivity index (χ2v) is 6.04. The fourth-order valence-electron chi connectivity index (χ4n) is 4.09. The van der Waals surface area contributed by atoms with Crippen molar-refractivity contribution in [2.75, 3.05) is 19.6 Å². The van der Waals surface area contributed by atoms with Gasteiger partial charge in [-0.1, -0.05) is 19.3 Å². The third-order valence-corrected chi connectivity index (χ3v) is 4.99. The molecule has 1 saturated carbocycles. The van der Waals surface area contributed by atoms with Gasteiger partial charge in [0.15, 0.2) is 0 Å². The number of nitrogens with one attached hydrogen (secondary N) is 1. The van der Waals surface area contributed by atoms with E-state index in [0.29, 0.717) is 0 Å². The molecule has 2 nitrogen and oxygen atoms in total. The predicted molar refractivity (Wildman–Crippen MR) is 67.6 cm³/mol. The van der Waals surface area contributed by atoms with Crippen molar-refractivity contribution in [3.8, 4) is 0 Å². The second-order valence-electron chi connectivity index (χ2n) is 6.04. The molecule has 3 rings (SSSR count). The van der Waals surface area contributed by atoms with Gasteiger partial charge in [0, 0.05) is 18.6 Å². The number of hydrogen-bond donors (Lipinski definition) is 1. The Morgan fingerprint density at radius 1 is 0.938 bits per heavy atom. The Morgan fingerprint density at radius 2 is 1.81 bits per heavy atom. The van der Waals surface area contributed by atoms with E-state index in [9.17, 15) is 0 Å². The van der Waals surface area contributed by atoms with Crippen LogP contribution >= 0.6 is 0 Å². The molecule has 2 saturated heterocycles. The zero-order valence-corrected chi connectivity index (χ0v) is 10.5. The van der Waals surface area contributed by atoms with E-state index in [0.717, 1.165) is 18.0 Å². The summed E-state index contributed by atoms with van der Waals surface area (Å²) in [5.41, 5.74) is 0. The fourth-order valence-corrected chi connectivity index (χ4v) is 4.09. The van der Waals surface area contributed by atoms with Crippen molar-refractivity contribution in [1.82, 2.24) is 10.2 Å². The highest BCUT2D eigenvalue weighted by molar-refractivity contribution is 4.91. The van der Waals surface area contributed by atoms with Crippen molar-refractivity contribution < 1.29 is 0 Å². The zero-order valence-electron chi connectivity index (χ0n) is 10.5. The lowest BCUT2D eigenvalue weighted by molar-refractivity contribution is 0.159. The van der Waals surface area contributed by atoms with Gasteiger partial charge in [0.2, 0.25) is 0 Å².